The summed E-state index contributed by atoms with van der Waals surface area (Å²) in [5, 5.41) is 14.5. The Morgan fingerprint density at radius 3 is 2.52 bits per heavy atom. The highest BCUT2D eigenvalue weighted by atomic mass is 35.5. The first-order valence-corrected chi connectivity index (χ1v) is 7.60. The van der Waals surface area contributed by atoms with Crippen molar-refractivity contribution in [3.8, 4) is 0 Å². The Balaban J connectivity index is 2.14. The largest absolute Gasteiger partial charge is 0.395 e. The molecule has 0 aliphatic carbocycles. The Bertz CT molecular complexity index is 568. The van der Waals surface area contributed by atoms with Gasteiger partial charge >= 0.3 is 0 Å². The molecule has 0 fully saturated rings. The van der Waals surface area contributed by atoms with E-state index >= 15 is 0 Å². The van der Waals surface area contributed by atoms with E-state index in [2.05, 4.69) is 22.1 Å². The summed E-state index contributed by atoms with van der Waals surface area (Å²) in [4.78, 5) is 2.18. The summed E-state index contributed by atoms with van der Waals surface area (Å²) in [6.07, 6.45) is 0.825. The van der Waals surface area contributed by atoms with Crippen LogP contribution >= 0.6 is 11.6 Å². The monoisotopic (exact) mass is 307 g/mol. The van der Waals surface area contributed by atoms with E-state index < -0.39 is 0 Å². The molecule has 114 valence electrons. The van der Waals surface area contributed by atoms with Crippen molar-refractivity contribution in [2.45, 2.75) is 26.4 Å². The molecule has 0 saturated carbocycles. The van der Waals surface area contributed by atoms with Gasteiger partial charge in [-0.15, -0.1) is 0 Å². The molecule has 2 aromatic rings. The Labute approximate surface area is 131 Å². The fourth-order valence-electron chi connectivity index (χ4n) is 2.40. The van der Waals surface area contributed by atoms with E-state index in [0.29, 0.717) is 13.1 Å². The SMILES string of the molecule is CCc1nn(C)c(CN(CCO)Cc2ccccc2)c1Cl. The van der Waals surface area contributed by atoms with Crippen LogP contribution in [0.4, 0.5) is 0 Å². The quantitative estimate of drug-likeness (QED) is 0.855. The van der Waals surface area contributed by atoms with Crippen LogP contribution in [-0.4, -0.2) is 32.9 Å². The van der Waals surface area contributed by atoms with Gasteiger partial charge < -0.3 is 5.11 Å². The Hall–Kier alpha value is -1.36. The van der Waals surface area contributed by atoms with Crippen LogP contribution in [0, 0.1) is 0 Å². The number of aryl methyl sites for hydroxylation is 2. The zero-order chi connectivity index (χ0) is 15.2. The van der Waals surface area contributed by atoms with Gasteiger partial charge in [-0.25, -0.2) is 0 Å². The molecular formula is C16H22ClN3O. The smallest absolute Gasteiger partial charge is 0.0863 e. The molecule has 0 radical (unpaired) electrons. The van der Waals surface area contributed by atoms with Gasteiger partial charge in [-0.1, -0.05) is 48.9 Å². The third-order valence-corrected chi connectivity index (χ3v) is 3.98. The standard InChI is InChI=1S/C16H22ClN3O/c1-3-14-16(17)15(19(2)18-14)12-20(9-10-21)11-13-7-5-4-6-8-13/h4-8,21H,3,9-12H2,1-2H3. The van der Waals surface area contributed by atoms with Crippen molar-refractivity contribution in [2.75, 3.05) is 13.2 Å². The van der Waals surface area contributed by atoms with Gasteiger partial charge in [0.1, 0.15) is 0 Å². The average molecular weight is 308 g/mol. The summed E-state index contributed by atoms with van der Waals surface area (Å²) in [6, 6.07) is 10.2. The van der Waals surface area contributed by atoms with Gasteiger partial charge in [-0.3, -0.25) is 9.58 Å². The summed E-state index contributed by atoms with van der Waals surface area (Å²) in [7, 11) is 1.92. The lowest BCUT2D eigenvalue weighted by Crippen LogP contribution is -2.27. The van der Waals surface area contributed by atoms with Crippen molar-refractivity contribution < 1.29 is 5.11 Å². The second-order valence-electron chi connectivity index (χ2n) is 5.10. The van der Waals surface area contributed by atoms with E-state index in [1.807, 2.05) is 36.9 Å². The molecule has 4 nitrogen and oxygen atoms in total. The molecule has 1 N–H and O–H groups in total. The first-order chi connectivity index (χ1) is 10.2. The fourth-order valence-corrected chi connectivity index (χ4v) is 2.75. The Morgan fingerprint density at radius 2 is 1.95 bits per heavy atom. The van der Waals surface area contributed by atoms with E-state index in [9.17, 15) is 5.11 Å². The molecule has 1 heterocycles. The average Bonchev–Trinajstić information content (AvgIpc) is 2.76. The van der Waals surface area contributed by atoms with Crippen molar-refractivity contribution in [3.63, 3.8) is 0 Å². The highest BCUT2D eigenvalue weighted by Gasteiger charge is 2.16. The Kier molecular flexibility index (Phi) is 5.79. The molecule has 0 spiro atoms. The molecule has 1 aromatic heterocycles. The van der Waals surface area contributed by atoms with Gasteiger partial charge in [0.2, 0.25) is 0 Å². The van der Waals surface area contributed by atoms with Gasteiger partial charge in [0.05, 0.1) is 23.0 Å². The first-order valence-electron chi connectivity index (χ1n) is 7.23. The molecular weight excluding hydrogens is 286 g/mol. The minimum Gasteiger partial charge on any atom is -0.395 e. The summed E-state index contributed by atoms with van der Waals surface area (Å²) in [5.74, 6) is 0. The second kappa shape index (κ2) is 7.59. The van der Waals surface area contributed by atoms with Crippen molar-refractivity contribution >= 4 is 11.6 Å². The number of hydrogen-bond acceptors (Lipinski definition) is 3. The number of aliphatic hydroxyl groups excluding tert-OH is 1. The van der Waals surface area contributed by atoms with E-state index in [0.717, 1.165) is 29.4 Å². The number of aliphatic hydroxyl groups is 1. The van der Waals surface area contributed by atoms with Gasteiger partial charge in [0.15, 0.2) is 0 Å². The number of benzene rings is 1. The predicted octanol–water partition coefficient (Wildman–Crippen LogP) is 2.63. The number of aromatic nitrogens is 2. The molecule has 0 bridgehead atoms. The Morgan fingerprint density at radius 1 is 1.24 bits per heavy atom. The maximum atomic E-state index is 9.29. The molecule has 0 aliphatic rings. The minimum atomic E-state index is 0.128. The van der Waals surface area contributed by atoms with Crippen molar-refractivity contribution in [2.24, 2.45) is 7.05 Å². The number of halogens is 1. The van der Waals surface area contributed by atoms with Crippen molar-refractivity contribution in [3.05, 3.63) is 52.3 Å². The molecule has 5 heteroatoms. The molecule has 0 amide bonds. The maximum absolute atomic E-state index is 9.29. The second-order valence-corrected chi connectivity index (χ2v) is 5.48. The third-order valence-electron chi connectivity index (χ3n) is 3.54. The van der Waals surface area contributed by atoms with Crippen LogP contribution < -0.4 is 0 Å². The highest BCUT2D eigenvalue weighted by Crippen LogP contribution is 2.22. The fraction of sp³-hybridized carbons (Fsp3) is 0.438. The molecule has 0 atom stereocenters. The normalized spacial score (nSPS) is 11.3. The molecule has 21 heavy (non-hydrogen) atoms. The van der Waals surface area contributed by atoms with Crippen LogP contribution in [0.1, 0.15) is 23.9 Å². The van der Waals surface area contributed by atoms with Crippen molar-refractivity contribution in [1.29, 1.82) is 0 Å². The van der Waals surface area contributed by atoms with Crippen LogP contribution in [0.3, 0.4) is 0 Å². The van der Waals surface area contributed by atoms with Crippen LogP contribution in [0.5, 0.6) is 0 Å². The van der Waals surface area contributed by atoms with Gasteiger partial charge in [-0.05, 0) is 12.0 Å². The first kappa shape index (κ1) is 16.0. The number of nitrogens with zero attached hydrogens (tertiary/aromatic N) is 3. The van der Waals surface area contributed by atoms with Crippen LogP contribution in [-0.2, 0) is 26.6 Å². The van der Waals surface area contributed by atoms with E-state index in [1.165, 1.54) is 5.56 Å². The zero-order valence-electron chi connectivity index (χ0n) is 12.6. The topological polar surface area (TPSA) is 41.3 Å². The van der Waals surface area contributed by atoms with E-state index in [1.54, 1.807) is 0 Å². The summed E-state index contributed by atoms with van der Waals surface area (Å²) in [6.45, 7) is 4.25. The van der Waals surface area contributed by atoms with Crippen LogP contribution in [0.15, 0.2) is 30.3 Å². The number of hydrogen-bond donors (Lipinski definition) is 1. The lowest BCUT2D eigenvalue weighted by Gasteiger charge is -2.21. The van der Waals surface area contributed by atoms with Gasteiger partial charge in [0, 0.05) is 26.7 Å². The van der Waals surface area contributed by atoms with Gasteiger partial charge in [-0.2, -0.15) is 5.10 Å². The molecule has 0 aliphatic heterocycles. The summed E-state index contributed by atoms with van der Waals surface area (Å²) >= 11 is 6.40. The summed E-state index contributed by atoms with van der Waals surface area (Å²) in [5.41, 5.74) is 3.15. The zero-order valence-corrected chi connectivity index (χ0v) is 13.3. The summed E-state index contributed by atoms with van der Waals surface area (Å²) < 4.78 is 1.84. The predicted molar refractivity (Wildman–Crippen MR) is 85.2 cm³/mol. The highest BCUT2D eigenvalue weighted by molar-refractivity contribution is 6.31. The van der Waals surface area contributed by atoms with Crippen molar-refractivity contribution in [1.82, 2.24) is 14.7 Å². The van der Waals surface area contributed by atoms with Crippen LogP contribution in [0.25, 0.3) is 0 Å². The maximum Gasteiger partial charge on any atom is 0.0863 e. The van der Waals surface area contributed by atoms with E-state index in [4.69, 9.17) is 11.6 Å². The third kappa shape index (κ3) is 4.06. The molecule has 0 unspecified atom stereocenters. The lowest BCUT2D eigenvalue weighted by atomic mass is 10.2. The molecule has 1 aromatic carbocycles. The van der Waals surface area contributed by atoms with Crippen LogP contribution in [0.2, 0.25) is 5.02 Å². The minimum absolute atomic E-state index is 0.128. The lowest BCUT2D eigenvalue weighted by molar-refractivity contribution is 0.181. The van der Waals surface area contributed by atoms with Gasteiger partial charge in [0.25, 0.3) is 0 Å². The number of rotatable bonds is 7. The van der Waals surface area contributed by atoms with E-state index in [-0.39, 0.29) is 6.61 Å². The molecule has 2 rings (SSSR count). The molecule has 0 saturated heterocycles.